The fraction of sp³-hybridized carbons (Fsp3) is 1.00. The molecule has 6 atom stereocenters. The number of alkyl halides is 5. The molecule has 122 valence electrons. The summed E-state index contributed by atoms with van der Waals surface area (Å²) in [5.74, 6) is -0.261. The fourth-order valence-electron chi connectivity index (χ4n) is 3.85. The van der Waals surface area contributed by atoms with E-state index in [0.717, 1.165) is 0 Å². The SMILES string of the molecule is FC1CC(F)C(N2COC3CC(F)C(F)CC3C2)C(F)C1. The van der Waals surface area contributed by atoms with Crippen LogP contribution in [0.15, 0.2) is 0 Å². The van der Waals surface area contributed by atoms with Gasteiger partial charge in [0.25, 0.3) is 0 Å². The molecule has 3 rings (SSSR count). The Kier molecular flexibility index (Phi) is 4.41. The molecule has 6 unspecified atom stereocenters. The van der Waals surface area contributed by atoms with Crippen molar-refractivity contribution in [3.05, 3.63) is 0 Å². The Labute approximate surface area is 120 Å². The minimum Gasteiger partial charge on any atom is -0.362 e. The van der Waals surface area contributed by atoms with Crippen molar-refractivity contribution in [2.75, 3.05) is 13.3 Å². The normalized spacial score (nSPS) is 52.4. The van der Waals surface area contributed by atoms with Gasteiger partial charge in [-0.15, -0.1) is 0 Å². The molecule has 0 aromatic rings. The standard InChI is InChI=1S/C14H20F5NO/c15-8-2-11(18)14(12(19)3-8)20-5-7-1-9(16)10(17)4-13(7)21-6-20/h7-14H,1-6H2. The van der Waals surface area contributed by atoms with E-state index < -0.39 is 43.0 Å². The maximum atomic E-state index is 14.0. The molecule has 3 aliphatic rings. The average Bonchev–Trinajstić information content (AvgIpc) is 2.39. The Balaban J connectivity index is 1.65. The zero-order valence-electron chi connectivity index (χ0n) is 11.6. The van der Waals surface area contributed by atoms with Crippen molar-refractivity contribution in [3.8, 4) is 0 Å². The van der Waals surface area contributed by atoms with E-state index in [9.17, 15) is 22.0 Å². The summed E-state index contributed by atoms with van der Waals surface area (Å²) < 4.78 is 73.4. The molecule has 21 heavy (non-hydrogen) atoms. The Bertz CT molecular complexity index is 361. The predicted octanol–water partition coefficient (Wildman–Crippen LogP) is 2.91. The van der Waals surface area contributed by atoms with Crippen LogP contribution in [0.5, 0.6) is 0 Å². The summed E-state index contributed by atoms with van der Waals surface area (Å²) in [6, 6.07) is -1.04. The Morgan fingerprint density at radius 2 is 1.38 bits per heavy atom. The van der Waals surface area contributed by atoms with Gasteiger partial charge in [-0.05, 0) is 6.42 Å². The molecule has 0 spiro atoms. The van der Waals surface area contributed by atoms with E-state index >= 15 is 0 Å². The molecule has 1 heterocycles. The Hall–Kier alpha value is -0.430. The van der Waals surface area contributed by atoms with E-state index in [-0.39, 0.29) is 44.9 Å². The van der Waals surface area contributed by atoms with Crippen molar-refractivity contribution in [2.45, 2.75) is 68.7 Å². The molecule has 0 aromatic carbocycles. The molecule has 0 amide bonds. The highest BCUT2D eigenvalue weighted by atomic mass is 19.2. The Morgan fingerprint density at radius 1 is 0.762 bits per heavy atom. The van der Waals surface area contributed by atoms with Crippen molar-refractivity contribution >= 4 is 0 Å². The lowest BCUT2D eigenvalue weighted by Crippen LogP contribution is -2.59. The summed E-state index contributed by atoms with van der Waals surface area (Å²) in [7, 11) is 0. The van der Waals surface area contributed by atoms with Crippen LogP contribution in [0, 0.1) is 5.92 Å². The summed E-state index contributed by atoms with van der Waals surface area (Å²) >= 11 is 0. The zero-order chi connectivity index (χ0) is 15.1. The molecule has 1 saturated heterocycles. The first-order valence-electron chi connectivity index (χ1n) is 7.51. The average molecular weight is 313 g/mol. The van der Waals surface area contributed by atoms with E-state index in [0.29, 0.717) is 0 Å². The van der Waals surface area contributed by atoms with Gasteiger partial charge in [0.05, 0.1) is 18.9 Å². The lowest BCUT2D eigenvalue weighted by atomic mass is 9.81. The van der Waals surface area contributed by atoms with Gasteiger partial charge >= 0.3 is 0 Å². The highest BCUT2D eigenvalue weighted by molar-refractivity contribution is 4.97. The number of halogens is 5. The fourth-order valence-corrected chi connectivity index (χ4v) is 3.85. The maximum absolute atomic E-state index is 14.0. The first kappa shape index (κ1) is 15.5. The second-order valence-electron chi connectivity index (χ2n) is 6.46. The second kappa shape index (κ2) is 5.99. The van der Waals surface area contributed by atoms with E-state index in [2.05, 4.69) is 0 Å². The molecule has 0 bridgehead atoms. The topological polar surface area (TPSA) is 12.5 Å². The first-order valence-corrected chi connectivity index (χ1v) is 7.51. The van der Waals surface area contributed by atoms with Crippen LogP contribution in [0.2, 0.25) is 0 Å². The van der Waals surface area contributed by atoms with Crippen LogP contribution in [0.4, 0.5) is 22.0 Å². The van der Waals surface area contributed by atoms with Crippen LogP contribution in [-0.4, -0.2) is 61.2 Å². The van der Waals surface area contributed by atoms with Crippen LogP contribution in [-0.2, 0) is 4.74 Å². The van der Waals surface area contributed by atoms with Crippen LogP contribution in [0.3, 0.4) is 0 Å². The molecule has 2 aliphatic carbocycles. The highest BCUT2D eigenvalue weighted by Crippen LogP contribution is 2.37. The maximum Gasteiger partial charge on any atom is 0.134 e. The molecule has 2 saturated carbocycles. The van der Waals surface area contributed by atoms with Gasteiger partial charge in [-0.1, -0.05) is 0 Å². The van der Waals surface area contributed by atoms with Gasteiger partial charge in [-0.25, -0.2) is 22.0 Å². The molecule has 2 nitrogen and oxygen atoms in total. The molecule has 7 heteroatoms. The number of hydrogen-bond acceptors (Lipinski definition) is 2. The lowest BCUT2D eigenvalue weighted by Gasteiger charge is -2.47. The van der Waals surface area contributed by atoms with Gasteiger partial charge in [0.2, 0.25) is 0 Å². The minimum atomic E-state index is -1.59. The van der Waals surface area contributed by atoms with Gasteiger partial charge in [-0.2, -0.15) is 0 Å². The van der Waals surface area contributed by atoms with Crippen molar-refractivity contribution < 1.29 is 26.7 Å². The van der Waals surface area contributed by atoms with Crippen LogP contribution in [0.25, 0.3) is 0 Å². The predicted molar refractivity (Wildman–Crippen MR) is 66.7 cm³/mol. The summed E-state index contributed by atoms with van der Waals surface area (Å²) in [5.41, 5.74) is 0. The summed E-state index contributed by atoms with van der Waals surface area (Å²) in [6.07, 6.45) is -8.73. The number of ether oxygens (including phenoxy) is 1. The highest BCUT2D eigenvalue weighted by Gasteiger charge is 2.47. The zero-order valence-corrected chi connectivity index (χ0v) is 11.6. The van der Waals surface area contributed by atoms with Crippen molar-refractivity contribution in [1.82, 2.24) is 4.90 Å². The molecule has 3 fully saturated rings. The van der Waals surface area contributed by atoms with E-state index in [1.807, 2.05) is 0 Å². The first-order chi connectivity index (χ1) is 9.95. The van der Waals surface area contributed by atoms with Gasteiger partial charge < -0.3 is 4.74 Å². The van der Waals surface area contributed by atoms with Gasteiger partial charge in [0, 0.05) is 31.7 Å². The van der Waals surface area contributed by atoms with Crippen LogP contribution >= 0.6 is 0 Å². The van der Waals surface area contributed by atoms with Crippen molar-refractivity contribution in [1.29, 1.82) is 0 Å². The second-order valence-corrected chi connectivity index (χ2v) is 6.46. The molecular weight excluding hydrogens is 293 g/mol. The number of hydrogen-bond donors (Lipinski definition) is 0. The summed E-state index contributed by atoms with van der Waals surface area (Å²) in [5, 5.41) is 0. The van der Waals surface area contributed by atoms with E-state index in [1.54, 1.807) is 0 Å². The summed E-state index contributed by atoms with van der Waals surface area (Å²) in [4.78, 5) is 1.49. The third-order valence-electron chi connectivity index (χ3n) is 4.95. The van der Waals surface area contributed by atoms with Crippen LogP contribution in [0.1, 0.15) is 25.7 Å². The quantitative estimate of drug-likeness (QED) is 0.690. The summed E-state index contributed by atoms with van der Waals surface area (Å²) in [6.45, 7) is 0.271. The van der Waals surface area contributed by atoms with Gasteiger partial charge in [0.15, 0.2) is 0 Å². The number of fused-ring (bicyclic) bond motifs is 1. The smallest absolute Gasteiger partial charge is 0.134 e. The molecule has 1 aliphatic heterocycles. The molecule has 0 radical (unpaired) electrons. The largest absolute Gasteiger partial charge is 0.362 e. The lowest BCUT2D eigenvalue weighted by molar-refractivity contribution is -0.169. The minimum absolute atomic E-state index is 0.00496. The Morgan fingerprint density at radius 3 is 2.05 bits per heavy atom. The van der Waals surface area contributed by atoms with E-state index in [1.165, 1.54) is 4.90 Å². The monoisotopic (exact) mass is 313 g/mol. The van der Waals surface area contributed by atoms with E-state index in [4.69, 9.17) is 4.74 Å². The third kappa shape index (κ3) is 3.04. The molecule has 0 N–H and O–H groups in total. The number of nitrogens with zero attached hydrogens (tertiary/aromatic N) is 1. The third-order valence-corrected chi connectivity index (χ3v) is 4.95. The van der Waals surface area contributed by atoms with Crippen molar-refractivity contribution in [3.63, 3.8) is 0 Å². The number of rotatable bonds is 1. The van der Waals surface area contributed by atoms with Crippen molar-refractivity contribution in [2.24, 2.45) is 5.92 Å². The van der Waals surface area contributed by atoms with Gasteiger partial charge in [-0.3, -0.25) is 4.90 Å². The molecular formula is C14H20F5NO. The van der Waals surface area contributed by atoms with Crippen LogP contribution < -0.4 is 0 Å². The van der Waals surface area contributed by atoms with Gasteiger partial charge in [0.1, 0.15) is 30.9 Å². The molecule has 0 aromatic heterocycles.